The second-order valence-corrected chi connectivity index (χ2v) is 7.20. The number of rotatable bonds is 3. The van der Waals surface area contributed by atoms with E-state index in [1.54, 1.807) is 21.7 Å². The molecular weight excluding hydrogens is 354 g/mol. The van der Waals surface area contributed by atoms with Crippen LogP contribution < -0.4 is 10.2 Å². The zero-order valence-electron chi connectivity index (χ0n) is 16.1. The van der Waals surface area contributed by atoms with Gasteiger partial charge in [-0.05, 0) is 25.5 Å². The maximum Gasteiger partial charge on any atom is 0.180 e. The topological polar surface area (TPSA) is 89.1 Å². The van der Waals surface area contributed by atoms with Crippen LogP contribution in [0.15, 0.2) is 31.0 Å². The third-order valence-electron chi connectivity index (χ3n) is 5.30. The average Bonchev–Trinajstić information content (AvgIpc) is 3.33. The highest BCUT2D eigenvalue weighted by molar-refractivity contribution is 5.61. The summed E-state index contributed by atoms with van der Waals surface area (Å²) in [5.74, 6) is 0.973. The fourth-order valence-corrected chi connectivity index (χ4v) is 3.69. The lowest BCUT2D eigenvalue weighted by molar-refractivity contribution is 0.688. The zero-order valence-corrected chi connectivity index (χ0v) is 16.1. The number of hydrogen-bond acceptors (Lipinski definition) is 7. The van der Waals surface area contributed by atoms with Crippen molar-refractivity contribution < 1.29 is 0 Å². The van der Waals surface area contributed by atoms with Gasteiger partial charge in [-0.3, -0.25) is 9.67 Å². The van der Waals surface area contributed by atoms with Gasteiger partial charge in [0, 0.05) is 49.6 Å². The molecule has 0 atom stereocenters. The first-order valence-corrected chi connectivity index (χ1v) is 9.24. The maximum absolute atomic E-state index is 4.76. The van der Waals surface area contributed by atoms with E-state index in [4.69, 9.17) is 5.10 Å². The average molecular weight is 375 g/mol. The second kappa shape index (κ2) is 6.29. The Labute approximate surface area is 162 Å². The van der Waals surface area contributed by atoms with Crippen LogP contribution in [-0.4, -0.2) is 41.1 Å². The van der Waals surface area contributed by atoms with Crippen LogP contribution in [0.1, 0.15) is 22.4 Å². The quantitative estimate of drug-likeness (QED) is 0.587. The summed E-state index contributed by atoms with van der Waals surface area (Å²) in [6.45, 7) is 5.82. The van der Waals surface area contributed by atoms with Crippen LogP contribution in [-0.2, 0) is 20.0 Å². The van der Waals surface area contributed by atoms with E-state index in [2.05, 4.69) is 50.4 Å². The van der Waals surface area contributed by atoms with Crippen LogP contribution in [0.2, 0.25) is 0 Å². The first-order chi connectivity index (χ1) is 13.6. The molecular formula is C19H21N9. The van der Waals surface area contributed by atoms with Crippen LogP contribution in [0.3, 0.4) is 0 Å². The lowest BCUT2D eigenvalue weighted by atomic mass is 10.0. The molecule has 5 heterocycles. The zero-order chi connectivity index (χ0) is 19.3. The van der Waals surface area contributed by atoms with Gasteiger partial charge in [0.05, 0.1) is 23.8 Å². The first-order valence-electron chi connectivity index (χ1n) is 9.24. The SMILES string of the molecule is Cc1c(N2CCc3ncc(Nc4cnn(C)c4)cc3C2)nn2cnnc2c1C. The van der Waals surface area contributed by atoms with Gasteiger partial charge in [0.15, 0.2) is 11.5 Å². The molecule has 4 aromatic rings. The third kappa shape index (κ3) is 2.75. The summed E-state index contributed by atoms with van der Waals surface area (Å²) < 4.78 is 3.53. The van der Waals surface area contributed by atoms with Crippen molar-refractivity contribution in [3.8, 4) is 0 Å². The number of nitrogens with zero attached hydrogens (tertiary/aromatic N) is 8. The van der Waals surface area contributed by atoms with Crippen molar-refractivity contribution in [3.63, 3.8) is 0 Å². The highest BCUT2D eigenvalue weighted by Gasteiger charge is 2.22. The van der Waals surface area contributed by atoms with Gasteiger partial charge in [0.1, 0.15) is 6.33 Å². The van der Waals surface area contributed by atoms with Gasteiger partial charge in [-0.15, -0.1) is 15.3 Å². The van der Waals surface area contributed by atoms with Crippen LogP contribution in [0.25, 0.3) is 5.65 Å². The Balaban J connectivity index is 1.46. The Morgan fingerprint density at radius 3 is 2.82 bits per heavy atom. The van der Waals surface area contributed by atoms with E-state index >= 15 is 0 Å². The summed E-state index contributed by atoms with van der Waals surface area (Å²) >= 11 is 0. The number of fused-ring (bicyclic) bond motifs is 2. The van der Waals surface area contributed by atoms with Crippen LogP contribution in [0.4, 0.5) is 17.2 Å². The van der Waals surface area contributed by atoms with Crippen LogP contribution >= 0.6 is 0 Å². The number of anilines is 3. The van der Waals surface area contributed by atoms with Crippen molar-refractivity contribution >= 4 is 22.8 Å². The fraction of sp³-hybridized carbons (Fsp3) is 0.316. The summed E-state index contributed by atoms with van der Waals surface area (Å²) in [4.78, 5) is 6.98. The molecule has 0 radical (unpaired) electrons. The Bertz CT molecular complexity index is 1170. The molecule has 142 valence electrons. The Kier molecular flexibility index (Phi) is 3.75. The number of hydrogen-bond donors (Lipinski definition) is 1. The third-order valence-corrected chi connectivity index (χ3v) is 5.30. The van der Waals surface area contributed by atoms with E-state index in [-0.39, 0.29) is 0 Å². The van der Waals surface area contributed by atoms with Gasteiger partial charge in [-0.1, -0.05) is 0 Å². The highest BCUT2D eigenvalue weighted by atomic mass is 15.4. The number of nitrogens with one attached hydrogen (secondary N) is 1. The monoisotopic (exact) mass is 375 g/mol. The van der Waals surface area contributed by atoms with E-state index in [9.17, 15) is 0 Å². The molecule has 0 spiro atoms. The van der Waals surface area contributed by atoms with Crippen LogP contribution in [0, 0.1) is 13.8 Å². The van der Waals surface area contributed by atoms with Gasteiger partial charge < -0.3 is 10.2 Å². The molecule has 0 aromatic carbocycles. The van der Waals surface area contributed by atoms with Crippen molar-refractivity contribution in [1.29, 1.82) is 0 Å². The molecule has 1 aliphatic heterocycles. The molecule has 0 fully saturated rings. The first kappa shape index (κ1) is 16.7. The molecule has 5 rings (SSSR count). The summed E-state index contributed by atoms with van der Waals surface area (Å²) in [7, 11) is 1.90. The highest BCUT2D eigenvalue weighted by Crippen LogP contribution is 2.28. The van der Waals surface area contributed by atoms with Crippen molar-refractivity contribution in [1.82, 2.24) is 34.6 Å². The van der Waals surface area contributed by atoms with Crippen molar-refractivity contribution in [2.45, 2.75) is 26.8 Å². The van der Waals surface area contributed by atoms with E-state index < -0.39 is 0 Å². The molecule has 0 aliphatic carbocycles. The van der Waals surface area contributed by atoms with E-state index in [0.29, 0.717) is 0 Å². The van der Waals surface area contributed by atoms with E-state index in [1.807, 2.05) is 19.4 Å². The normalized spacial score (nSPS) is 13.8. The minimum Gasteiger partial charge on any atom is -0.352 e. The van der Waals surface area contributed by atoms with Gasteiger partial charge in [0.25, 0.3) is 0 Å². The Morgan fingerprint density at radius 2 is 2.00 bits per heavy atom. The Hall–Kier alpha value is -3.49. The van der Waals surface area contributed by atoms with E-state index in [0.717, 1.165) is 59.2 Å². The molecule has 9 nitrogen and oxygen atoms in total. The number of aryl methyl sites for hydroxylation is 2. The largest absolute Gasteiger partial charge is 0.352 e. The molecule has 4 aromatic heterocycles. The fourth-order valence-electron chi connectivity index (χ4n) is 3.69. The predicted octanol–water partition coefficient (Wildman–Crippen LogP) is 2.18. The summed E-state index contributed by atoms with van der Waals surface area (Å²) in [5.41, 5.74) is 7.32. The number of pyridine rings is 1. The summed E-state index contributed by atoms with van der Waals surface area (Å²) in [5, 5.41) is 20.5. The van der Waals surface area contributed by atoms with Crippen LogP contribution in [0.5, 0.6) is 0 Å². The van der Waals surface area contributed by atoms with Crippen molar-refractivity contribution in [2.24, 2.45) is 7.05 Å². The molecule has 9 heteroatoms. The predicted molar refractivity (Wildman–Crippen MR) is 106 cm³/mol. The molecule has 28 heavy (non-hydrogen) atoms. The van der Waals surface area contributed by atoms with Gasteiger partial charge in [-0.25, -0.2) is 0 Å². The lowest BCUT2D eigenvalue weighted by Crippen LogP contribution is -2.32. The smallest absolute Gasteiger partial charge is 0.180 e. The minimum absolute atomic E-state index is 0.770. The standard InChI is InChI=1S/C19H21N9/c1-12-13(2)19(25-28-11-21-24-18(12)28)27-5-4-17-14(9-27)6-15(7-20-17)23-16-8-22-26(3)10-16/h6-8,10-11,23H,4-5,9H2,1-3H3. The Morgan fingerprint density at radius 1 is 1.11 bits per heavy atom. The summed E-state index contributed by atoms with van der Waals surface area (Å²) in [6.07, 6.45) is 8.17. The lowest BCUT2D eigenvalue weighted by Gasteiger charge is -2.30. The van der Waals surface area contributed by atoms with Crippen molar-refractivity contribution in [3.05, 3.63) is 53.4 Å². The van der Waals surface area contributed by atoms with Gasteiger partial charge in [0.2, 0.25) is 0 Å². The van der Waals surface area contributed by atoms with Gasteiger partial charge >= 0.3 is 0 Å². The molecule has 1 N–H and O–H groups in total. The maximum atomic E-state index is 4.76. The molecule has 0 unspecified atom stereocenters. The second-order valence-electron chi connectivity index (χ2n) is 7.20. The number of aromatic nitrogens is 7. The van der Waals surface area contributed by atoms with E-state index in [1.165, 1.54) is 5.56 Å². The van der Waals surface area contributed by atoms with Crippen molar-refractivity contribution in [2.75, 3.05) is 16.8 Å². The van der Waals surface area contributed by atoms with Gasteiger partial charge in [-0.2, -0.15) is 9.61 Å². The minimum atomic E-state index is 0.770. The molecule has 0 saturated carbocycles. The molecule has 0 saturated heterocycles. The molecule has 1 aliphatic rings. The molecule has 0 amide bonds. The summed E-state index contributed by atoms with van der Waals surface area (Å²) in [6, 6.07) is 2.17. The molecule has 0 bridgehead atoms.